The number of nitrogens with one attached hydrogen (secondary N) is 3. The fourth-order valence-electron chi connectivity index (χ4n) is 8.30. The van der Waals surface area contributed by atoms with Gasteiger partial charge in [0.1, 0.15) is 35.7 Å². The maximum absolute atomic E-state index is 14.1. The Kier molecular flexibility index (Phi) is 15.8. The number of aromatic hydroxyl groups is 2. The van der Waals surface area contributed by atoms with Crippen molar-refractivity contribution in [1.29, 1.82) is 0 Å². The fraction of sp³-hybridized carbons (Fsp3) is 0.400. The molecular formula is C50H59N5O9. The van der Waals surface area contributed by atoms with Crippen LogP contribution in [0.4, 0.5) is 0 Å². The number of phenols is 2. The first-order valence-electron chi connectivity index (χ1n) is 22.3. The van der Waals surface area contributed by atoms with Crippen molar-refractivity contribution in [2.24, 2.45) is 0 Å². The third-order valence-corrected chi connectivity index (χ3v) is 12.2. The lowest BCUT2D eigenvalue weighted by atomic mass is 9.93. The molecule has 14 heteroatoms. The molecule has 4 aromatic rings. The van der Waals surface area contributed by atoms with Crippen LogP contribution >= 0.6 is 0 Å². The molecule has 1 fully saturated rings. The number of carboxylic acids is 1. The molecule has 2 heterocycles. The van der Waals surface area contributed by atoms with Crippen molar-refractivity contribution in [3.05, 3.63) is 107 Å². The monoisotopic (exact) mass is 873 g/mol. The van der Waals surface area contributed by atoms with Crippen LogP contribution in [0, 0.1) is 0 Å². The average Bonchev–Trinajstić information content (AvgIpc) is 3.26. The molecular weight excluding hydrogens is 815 g/mol. The Balaban J connectivity index is 1.07. The zero-order valence-corrected chi connectivity index (χ0v) is 36.8. The number of fused-ring (bicyclic) bond motifs is 5. The number of hydrogen-bond acceptors (Lipinski definition) is 8. The number of carbonyl (C=O) groups is 6. The third kappa shape index (κ3) is 11.5. The lowest BCUT2D eigenvalue weighted by molar-refractivity contribution is -0.155. The summed E-state index contributed by atoms with van der Waals surface area (Å²) in [4.78, 5) is 82.5. The SMILES string of the molecule is CCCCCCCCCc1ccc(-c2ccc(C(=O)NCCC(=O)N3CC[C@H]3C(=O)N(C)[C@@H]3C(=O)N[C@@H](C)C(=O)N[C@H](C(=O)O)Cc4ccc(O)c(c4)-c4cc3ccc4O)cc2)cc1. The Morgan fingerprint density at radius 2 is 1.41 bits per heavy atom. The van der Waals surface area contributed by atoms with Crippen molar-refractivity contribution in [3.63, 3.8) is 0 Å². The summed E-state index contributed by atoms with van der Waals surface area (Å²) < 4.78 is 0. The van der Waals surface area contributed by atoms with E-state index in [-0.39, 0.29) is 65.9 Å². The summed E-state index contributed by atoms with van der Waals surface area (Å²) in [6.07, 6.45) is 10.1. The van der Waals surface area contributed by atoms with Crippen molar-refractivity contribution in [2.75, 3.05) is 20.1 Å². The van der Waals surface area contributed by atoms with Gasteiger partial charge in [-0.15, -0.1) is 0 Å². The number of nitrogens with zero attached hydrogens (tertiary/aromatic N) is 2. The molecule has 64 heavy (non-hydrogen) atoms. The van der Waals surface area contributed by atoms with E-state index in [1.54, 1.807) is 12.1 Å². The standard InChI is InChI=1S/C50H59N5O9/c1-4-5-6-7-8-9-10-11-32-12-15-34(16-13-32)35-17-19-36(20-18-35)47(60)51-26-24-44(58)55-27-25-41(55)49(62)54(3)45-37-21-23-43(57)39(30-37)38-28-33(14-22-42(38)56)29-40(50(63)64)53-46(59)31(2)52-48(45)61/h12-23,28,30-31,40-41,45,56-57H,4-11,24-27,29H2,1-3H3,(H,51,60)(H,52,61)(H,53,59)(H,63,64)/t31-,40-,41-,45-/m0/s1. The predicted molar refractivity (Wildman–Crippen MR) is 242 cm³/mol. The van der Waals surface area contributed by atoms with Crippen LogP contribution in [0.15, 0.2) is 84.9 Å². The van der Waals surface area contributed by atoms with Crippen molar-refractivity contribution in [1.82, 2.24) is 25.8 Å². The molecule has 2 aliphatic heterocycles. The summed E-state index contributed by atoms with van der Waals surface area (Å²) in [5.41, 5.74) is 4.74. The van der Waals surface area contributed by atoms with E-state index >= 15 is 0 Å². The predicted octanol–water partition coefficient (Wildman–Crippen LogP) is 6.28. The van der Waals surface area contributed by atoms with Gasteiger partial charge in [-0.05, 0) is 90.4 Å². The molecule has 0 aliphatic carbocycles. The van der Waals surface area contributed by atoms with Crippen molar-refractivity contribution in [2.45, 2.75) is 109 Å². The second-order valence-corrected chi connectivity index (χ2v) is 16.9. The highest BCUT2D eigenvalue weighted by Crippen LogP contribution is 2.39. The molecule has 0 saturated carbocycles. The largest absolute Gasteiger partial charge is 0.507 e. The number of rotatable bonds is 16. The van der Waals surface area contributed by atoms with Crippen molar-refractivity contribution in [3.8, 4) is 33.8 Å². The molecule has 4 aromatic carbocycles. The molecule has 0 aromatic heterocycles. The van der Waals surface area contributed by atoms with E-state index in [1.807, 2.05) is 12.1 Å². The van der Waals surface area contributed by atoms with E-state index in [0.717, 1.165) is 17.5 Å². The molecule has 6 N–H and O–H groups in total. The van der Waals surface area contributed by atoms with Gasteiger partial charge in [-0.2, -0.15) is 0 Å². The van der Waals surface area contributed by atoms with Gasteiger partial charge in [0, 0.05) is 49.7 Å². The average molecular weight is 874 g/mol. The summed E-state index contributed by atoms with van der Waals surface area (Å²) in [7, 11) is 1.39. The van der Waals surface area contributed by atoms with Gasteiger partial charge in [0.2, 0.25) is 23.6 Å². The van der Waals surface area contributed by atoms with Crippen LogP contribution in [0.25, 0.3) is 22.3 Å². The van der Waals surface area contributed by atoms with Crippen LogP contribution < -0.4 is 16.0 Å². The van der Waals surface area contributed by atoms with Gasteiger partial charge >= 0.3 is 5.97 Å². The molecule has 5 amide bonds. The van der Waals surface area contributed by atoms with E-state index in [0.29, 0.717) is 17.5 Å². The van der Waals surface area contributed by atoms with Gasteiger partial charge in [-0.25, -0.2) is 4.79 Å². The second-order valence-electron chi connectivity index (χ2n) is 16.9. The zero-order valence-electron chi connectivity index (χ0n) is 36.8. The minimum absolute atomic E-state index is 0.0327. The highest BCUT2D eigenvalue weighted by atomic mass is 16.4. The summed E-state index contributed by atoms with van der Waals surface area (Å²) in [5.74, 6) is -4.61. The van der Waals surface area contributed by atoms with Gasteiger partial charge in [-0.3, -0.25) is 24.0 Å². The summed E-state index contributed by atoms with van der Waals surface area (Å²) >= 11 is 0. The second kappa shape index (κ2) is 21.6. The van der Waals surface area contributed by atoms with Gasteiger partial charge in [-0.1, -0.05) is 94.0 Å². The summed E-state index contributed by atoms with van der Waals surface area (Å²) in [6, 6.07) is 19.5. The topological polar surface area (TPSA) is 206 Å². The summed E-state index contributed by atoms with van der Waals surface area (Å²) in [6.45, 7) is 3.94. The highest BCUT2D eigenvalue weighted by molar-refractivity contribution is 5.97. The fourth-order valence-corrected chi connectivity index (χ4v) is 8.30. The number of phenolic OH excluding ortho intramolecular Hbond substituents is 2. The molecule has 1 saturated heterocycles. The number of carboxylic acid groups (broad SMARTS) is 1. The number of likely N-dealkylation sites (tertiary alicyclic amines) is 1. The molecule has 4 bridgehead atoms. The minimum atomic E-state index is -1.38. The summed E-state index contributed by atoms with van der Waals surface area (Å²) in [5, 5.41) is 39.5. The Hall–Kier alpha value is -6.70. The first kappa shape index (κ1) is 46.8. The van der Waals surface area contributed by atoms with Gasteiger partial charge in [0.05, 0.1) is 0 Å². The van der Waals surface area contributed by atoms with E-state index in [2.05, 4.69) is 47.1 Å². The lowest BCUT2D eigenvalue weighted by Gasteiger charge is -2.43. The van der Waals surface area contributed by atoms with Crippen LogP contribution in [0.3, 0.4) is 0 Å². The number of aliphatic carboxylic acids is 1. The molecule has 338 valence electrons. The molecule has 6 rings (SSSR count). The quantitative estimate of drug-likeness (QED) is 0.0701. The number of likely N-dealkylation sites (N-methyl/N-ethyl adjacent to an activating group) is 1. The first-order valence-corrected chi connectivity index (χ1v) is 22.3. The number of aryl methyl sites for hydroxylation is 1. The molecule has 0 unspecified atom stereocenters. The molecule has 4 atom stereocenters. The van der Waals surface area contributed by atoms with Crippen LogP contribution in [0.2, 0.25) is 0 Å². The number of unbranched alkanes of at least 4 members (excludes halogenated alkanes) is 6. The Labute approximate surface area is 374 Å². The number of benzene rings is 4. The zero-order chi connectivity index (χ0) is 45.9. The molecule has 0 radical (unpaired) electrons. The maximum atomic E-state index is 14.1. The third-order valence-electron chi connectivity index (χ3n) is 12.2. The molecule has 2 aliphatic rings. The van der Waals surface area contributed by atoms with E-state index in [4.69, 9.17) is 0 Å². The first-order chi connectivity index (χ1) is 30.7. The normalized spacial score (nSPS) is 18.5. The molecule has 0 spiro atoms. The van der Waals surface area contributed by atoms with E-state index in [9.17, 15) is 44.1 Å². The van der Waals surface area contributed by atoms with Crippen molar-refractivity contribution < 1.29 is 44.1 Å². The van der Waals surface area contributed by atoms with Crippen LogP contribution in [0.1, 0.15) is 105 Å². The van der Waals surface area contributed by atoms with E-state index in [1.165, 1.54) is 111 Å². The highest BCUT2D eigenvalue weighted by Gasteiger charge is 2.42. The van der Waals surface area contributed by atoms with Crippen LogP contribution in [-0.4, -0.2) is 98.9 Å². The van der Waals surface area contributed by atoms with Crippen LogP contribution in [-0.2, 0) is 36.8 Å². The van der Waals surface area contributed by atoms with E-state index < -0.39 is 47.9 Å². The lowest BCUT2D eigenvalue weighted by Crippen LogP contribution is -2.60. The van der Waals surface area contributed by atoms with Crippen molar-refractivity contribution >= 4 is 35.5 Å². The minimum Gasteiger partial charge on any atom is -0.507 e. The number of carbonyl (C=O) groups excluding carboxylic acids is 5. The number of hydrogen-bond donors (Lipinski definition) is 6. The molecule has 14 nitrogen and oxygen atoms in total. The van der Waals surface area contributed by atoms with Gasteiger partial charge < -0.3 is 41.1 Å². The Bertz CT molecular complexity index is 2330. The number of amides is 5. The Morgan fingerprint density at radius 3 is 2.05 bits per heavy atom. The maximum Gasteiger partial charge on any atom is 0.326 e. The van der Waals surface area contributed by atoms with Gasteiger partial charge in [0.25, 0.3) is 5.91 Å². The Morgan fingerprint density at radius 1 is 0.781 bits per heavy atom. The smallest absolute Gasteiger partial charge is 0.326 e. The van der Waals surface area contributed by atoms with Gasteiger partial charge in [0.15, 0.2) is 0 Å². The van der Waals surface area contributed by atoms with Crippen LogP contribution in [0.5, 0.6) is 11.5 Å².